The number of hydrogen-bond acceptors (Lipinski definition) is 4. The van der Waals surface area contributed by atoms with Crippen LogP contribution in [0.2, 0.25) is 0 Å². The number of hydrogen-bond donors (Lipinski definition) is 1. The third kappa shape index (κ3) is 6.51. The lowest BCUT2D eigenvalue weighted by atomic mass is 10.0. The van der Waals surface area contributed by atoms with Gasteiger partial charge in [0.25, 0.3) is 0 Å². The number of unbranched alkanes of at least 4 members (excludes halogenated alkanes) is 4. The normalized spacial score (nSPS) is 13.9. The van der Waals surface area contributed by atoms with E-state index in [0.29, 0.717) is 26.2 Å². The molecule has 1 aromatic carbocycles. The van der Waals surface area contributed by atoms with Gasteiger partial charge in [0, 0.05) is 25.4 Å². The van der Waals surface area contributed by atoms with Crippen molar-refractivity contribution in [2.75, 3.05) is 13.2 Å². The lowest BCUT2D eigenvalue weighted by Gasteiger charge is -2.22. The van der Waals surface area contributed by atoms with Crippen molar-refractivity contribution in [3.63, 3.8) is 0 Å². The molecule has 2 aromatic rings. The quantitative estimate of drug-likeness (QED) is 0.579. The number of carbonyl (C=O) groups is 1. The summed E-state index contributed by atoms with van der Waals surface area (Å²) < 4.78 is 13.4. The van der Waals surface area contributed by atoms with Crippen LogP contribution < -0.4 is 14.8 Å². The average molecular weight is 400 g/mol. The minimum Gasteiger partial charge on any atom is -0.486 e. The van der Waals surface area contributed by atoms with Crippen molar-refractivity contribution in [3.8, 4) is 11.5 Å². The first kappa shape index (κ1) is 21.2. The molecule has 0 saturated heterocycles. The van der Waals surface area contributed by atoms with Crippen LogP contribution >= 0.6 is 0 Å². The van der Waals surface area contributed by atoms with Crippen LogP contribution in [-0.2, 0) is 17.8 Å². The Bertz CT molecular complexity index is 787. The van der Waals surface area contributed by atoms with E-state index in [1.165, 1.54) is 19.3 Å². The van der Waals surface area contributed by atoms with Crippen molar-refractivity contribution in [1.82, 2.24) is 14.9 Å². The van der Waals surface area contributed by atoms with E-state index in [1.54, 1.807) is 6.20 Å². The Morgan fingerprint density at radius 3 is 2.72 bits per heavy atom. The zero-order chi connectivity index (χ0) is 20.5. The molecule has 158 valence electrons. The smallest absolute Gasteiger partial charge is 0.220 e. The van der Waals surface area contributed by atoms with Gasteiger partial charge in [-0.3, -0.25) is 4.79 Å². The summed E-state index contributed by atoms with van der Waals surface area (Å²) in [5.41, 5.74) is 1.13. The van der Waals surface area contributed by atoms with Crippen LogP contribution in [0.25, 0.3) is 0 Å². The van der Waals surface area contributed by atoms with E-state index in [-0.39, 0.29) is 11.9 Å². The predicted octanol–water partition coefficient (Wildman–Crippen LogP) is 4.05. The number of imidazole rings is 1. The second kappa shape index (κ2) is 10.9. The minimum atomic E-state index is -0.00593. The summed E-state index contributed by atoms with van der Waals surface area (Å²) in [4.78, 5) is 16.8. The summed E-state index contributed by atoms with van der Waals surface area (Å²) in [7, 11) is 0. The summed E-state index contributed by atoms with van der Waals surface area (Å²) in [6.07, 6.45) is 10.8. The fourth-order valence-corrected chi connectivity index (χ4v) is 3.68. The van der Waals surface area contributed by atoms with Gasteiger partial charge in [-0.15, -0.1) is 0 Å². The molecular formula is C23H33N3O3. The van der Waals surface area contributed by atoms with E-state index in [0.717, 1.165) is 42.1 Å². The zero-order valence-electron chi connectivity index (χ0n) is 17.7. The Morgan fingerprint density at radius 2 is 1.97 bits per heavy atom. The zero-order valence-corrected chi connectivity index (χ0v) is 17.7. The topological polar surface area (TPSA) is 65.4 Å². The van der Waals surface area contributed by atoms with Crippen molar-refractivity contribution in [1.29, 1.82) is 0 Å². The molecule has 1 N–H and O–H groups in total. The van der Waals surface area contributed by atoms with Crippen molar-refractivity contribution in [2.24, 2.45) is 0 Å². The average Bonchev–Trinajstić information content (AvgIpc) is 3.12. The number of rotatable bonds is 11. The molecule has 29 heavy (non-hydrogen) atoms. The molecule has 0 bridgehead atoms. The SMILES string of the molecule is CCCCCCCC(=O)N[C@@H](Cc1ccc2c(c1)OCCO2)Cn1ccnc1C. The molecule has 3 rings (SSSR count). The van der Waals surface area contributed by atoms with Crippen molar-refractivity contribution in [2.45, 2.75) is 71.4 Å². The van der Waals surface area contributed by atoms with Crippen LogP contribution in [0.1, 0.15) is 56.8 Å². The third-order valence-electron chi connectivity index (χ3n) is 5.30. The van der Waals surface area contributed by atoms with E-state index < -0.39 is 0 Å². The molecule has 0 saturated carbocycles. The Labute approximate surface area is 173 Å². The monoisotopic (exact) mass is 399 g/mol. The van der Waals surface area contributed by atoms with E-state index in [9.17, 15) is 4.79 Å². The Morgan fingerprint density at radius 1 is 1.17 bits per heavy atom. The Kier molecular flexibility index (Phi) is 7.96. The number of amides is 1. The van der Waals surface area contributed by atoms with Gasteiger partial charge in [-0.05, 0) is 37.5 Å². The molecule has 0 radical (unpaired) electrons. The molecule has 0 fully saturated rings. The molecule has 1 aliphatic rings. The highest BCUT2D eigenvalue weighted by molar-refractivity contribution is 5.76. The number of aryl methyl sites for hydroxylation is 1. The predicted molar refractivity (Wildman–Crippen MR) is 113 cm³/mol. The third-order valence-corrected chi connectivity index (χ3v) is 5.30. The first-order valence-corrected chi connectivity index (χ1v) is 10.8. The molecule has 1 aromatic heterocycles. The molecule has 0 spiro atoms. The molecule has 2 heterocycles. The van der Waals surface area contributed by atoms with Gasteiger partial charge >= 0.3 is 0 Å². The molecule has 0 unspecified atom stereocenters. The van der Waals surface area contributed by atoms with Crippen LogP contribution in [0, 0.1) is 6.92 Å². The molecule has 1 amide bonds. The van der Waals surface area contributed by atoms with E-state index >= 15 is 0 Å². The maximum absolute atomic E-state index is 12.5. The maximum atomic E-state index is 12.5. The van der Waals surface area contributed by atoms with Crippen molar-refractivity contribution < 1.29 is 14.3 Å². The van der Waals surface area contributed by atoms with Gasteiger partial charge in [-0.1, -0.05) is 38.7 Å². The largest absolute Gasteiger partial charge is 0.486 e. The molecule has 6 nitrogen and oxygen atoms in total. The van der Waals surface area contributed by atoms with E-state index in [1.807, 2.05) is 25.3 Å². The maximum Gasteiger partial charge on any atom is 0.220 e. The van der Waals surface area contributed by atoms with Crippen LogP contribution in [0.4, 0.5) is 0 Å². The van der Waals surface area contributed by atoms with E-state index in [4.69, 9.17) is 9.47 Å². The highest BCUT2D eigenvalue weighted by Gasteiger charge is 2.17. The molecule has 1 aliphatic heterocycles. The van der Waals surface area contributed by atoms with Crippen LogP contribution in [-0.4, -0.2) is 34.7 Å². The second-order valence-electron chi connectivity index (χ2n) is 7.74. The lowest BCUT2D eigenvalue weighted by Crippen LogP contribution is -2.39. The number of ether oxygens (including phenoxy) is 2. The van der Waals surface area contributed by atoms with Crippen molar-refractivity contribution >= 4 is 5.91 Å². The molecular weight excluding hydrogens is 366 g/mol. The first-order valence-electron chi connectivity index (χ1n) is 10.8. The Balaban J connectivity index is 1.61. The van der Waals surface area contributed by atoms with Crippen LogP contribution in [0.3, 0.4) is 0 Å². The van der Waals surface area contributed by atoms with Crippen LogP contribution in [0.15, 0.2) is 30.6 Å². The standard InChI is InChI=1S/C23H33N3O3/c1-3-4-5-6-7-8-23(27)25-20(17-26-12-11-24-18(26)2)15-19-9-10-21-22(16-19)29-14-13-28-21/h9-12,16,20H,3-8,13-15,17H2,1-2H3,(H,25,27)/t20-/m0/s1. The fraction of sp³-hybridized carbons (Fsp3) is 0.565. The fourth-order valence-electron chi connectivity index (χ4n) is 3.68. The number of nitrogens with one attached hydrogen (secondary N) is 1. The molecule has 1 atom stereocenters. The summed E-state index contributed by atoms with van der Waals surface area (Å²) in [6.45, 7) is 6.04. The highest BCUT2D eigenvalue weighted by atomic mass is 16.6. The van der Waals surface area contributed by atoms with Crippen molar-refractivity contribution in [3.05, 3.63) is 42.0 Å². The van der Waals surface area contributed by atoms with Gasteiger partial charge in [-0.2, -0.15) is 0 Å². The Hall–Kier alpha value is -2.50. The molecule has 0 aliphatic carbocycles. The van der Waals surface area contributed by atoms with E-state index in [2.05, 4.69) is 27.9 Å². The van der Waals surface area contributed by atoms with Gasteiger partial charge in [0.2, 0.25) is 5.91 Å². The van der Waals surface area contributed by atoms with Gasteiger partial charge in [0.15, 0.2) is 11.5 Å². The summed E-state index contributed by atoms with van der Waals surface area (Å²) in [5, 5.41) is 3.24. The number of aromatic nitrogens is 2. The first-order chi connectivity index (χ1) is 14.2. The summed E-state index contributed by atoms with van der Waals surface area (Å²) in [5.74, 6) is 2.65. The van der Waals surface area contributed by atoms with Gasteiger partial charge in [-0.25, -0.2) is 4.98 Å². The van der Waals surface area contributed by atoms with Gasteiger partial charge < -0.3 is 19.4 Å². The number of nitrogens with zero attached hydrogens (tertiary/aromatic N) is 2. The number of carbonyl (C=O) groups excluding carboxylic acids is 1. The minimum absolute atomic E-state index is 0.00593. The summed E-state index contributed by atoms with van der Waals surface area (Å²) >= 11 is 0. The number of fused-ring (bicyclic) bond motifs is 1. The number of benzene rings is 1. The lowest BCUT2D eigenvalue weighted by molar-refractivity contribution is -0.122. The van der Waals surface area contributed by atoms with Crippen LogP contribution in [0.5, 0.6) is 11.5 Å². The molecule has 6 heteroatoms. The van der Waals surface area contributed by atoms with Gasteiger partial charge in [0.05, 0.1) is 6.04 Å². The summed E-state index contributed by atoms with van der Waals surface area (Å²) in [6, 6.07) is 6.03. The van der Waals surface area contributed by atoms with Gasteiger partial charge in [0.1, 0.15) is 19.0 Å². The highest BCUT2D eigenvalue weighted by Crippen LogP contribution is 2.31. The second-order valence-corrected chi connectivity index (χ2v) is 7.74.